The zero-order valence-electron chi connectivity index (χ0n) is 17.7. The van der Waals surface area contributed by atoms with Crippen molar-refractivity contribution in [2.24, 2.45) is 5.73 Å². The highest BCUT2D eigenvalue weighted by Gasteiger charge is 2.22. The number of aromatic amines is 1. The Hall–Kier alpha value is -4.27. The van der Waals surface area contributed by atoms with Crippen LogP contribution >= 0.6 is 0 Å². The maximum atomic E-state index is 12.6. The third kappa shape index (κ3) is 4.41. The van der Waals surface area contributed by atoms with Crippen LogP contribution < -0.4 is 16.2 Å². The summed E-state index contributed by atoms with van der Waals surface area (Å²) in [4.78, 5) is 23.8. The number of hydrogen-bond acceptors (Lipinski definition) is 6. The van der Waals surface area contributed by atoms with Crippen LogP contribution in [-0.4, -0.2) is 37.7 Å². The molecule has 0 radical (unpaired) electrons. The highest BCUT2D eigenvalue weighted by atomic mass is 16.5. The molecule has 4 rings (SSSR count). The van der Waals surface area contributed by atoms with Crippen LogP contribution in [0.3, 0.4) is 0 Å². The fraction of sp³-hybridized carbons (Fsp3) is 0.174. The second-order valence-electron chi connectivity index (χ2n) is 7.43. The van der Waals surface area contributed by atoms with E-state index in [0.717, 1.165) is 27.1 Å². The number of H-pyrrole nitrogens is 1. The van der Waals surface area contributed by atoms with E-state index in [9.17, 15) is 4.79 Å². The first kappa shape index (κ1) is 21.0. The molecule has 0 saturated heterocycles. The summed E-state index contributed by atoms with van der Waals surface area (Å²) in [5, 5.41) is 12.1. The summed E-state index contributed by atoms with van der Waals surface area (Å²) >= 11 is 0. The Morgan fingerprint density at radius 3 is 2.56 bits per heavy atom. The van der Waals surface area contributed by atoms with Gasteiger partial charge < -0.3 is 10.5 Å². The predicted octanol–water partition coefficient (Wildman–Crippen LogP) is 2.33. The minimum Gasteiger partial charge on any atom is -0.497 e. The molecule has 2 aromatic heterocycles. The first-order chi connectivity index (χ1) is 15.4. The molecule has 9 nitrogen and oxygen atoms in total. The van der Waals surface area contributed by atoms with Crippen LogP contribution in [0, 0.1) is 12.3 Å². The quantitative estimate of drug-likeness (QED) is 0.305. The molecule has 9 heteroatoms. The summed E-state index contributed by atoms with van der Waals surface area (Å²) in [6, 6.07) is 15.1. The second-order valence-corrected chi connectivity index (χ2v) is 7.43. The number of nitrogens with two attached hydrogens (primary N) is 1. The number of amidine groups is 1. The van der Waals surface area contributed by atoms with Crippen LogP contribution in [-0.2, 0) is 6.42 Å². The van der Waals surface area contributed by atoms with E-state index in [4.69, 9.17) is 15.9 Å². The highest BCUT2D eigenvalue weighted by molar-refractivity contribution is 5.94. The summed E-state index contributed by atoms with van der Waals surface area (Å²) in [5.41, 5.74) is 8.81. The zero-order chi connectivity index (χ0) is 22.7. The normalized spacial score (nSPS) is 11.8. The molecule has 0 fully saturated rings. The topological polar surface area (TPSA) is 136 Å². The first-order valence-corrected chi connectivity index (χ1v) is 10.00. The Morgan fingerprint density at radius 1 is 1.19 bits per heavy atom. The van der Waals surface area contributed by atoms with Gasteiger partial charge in [0.25, 0.3) is 5.95 Å². The van der Waals surface area contributed by atoms with E-state index in [0.29, 0.717) is 17.8 Å². The molecule has 4 aromatic rings. The Morgan fingerprint density at radius 2 is 1.91 bits per heavy atom. The lowest BCUT2D eigenvalue weighted by atomic mass is 9.90. The maximum absolute atomic E-state index is 12.6. The average Bonchev–Trinajstić information content (AvgIpc) is 3.19. The van der Waals surface area contributed by atoms with Gasteiger partial charge in [-0.05, 0) is 48.2 Å². The fourth-order valence-electron chi connectivity index (χ4n) is 3.56. The van der Waals surface area contributed by atoms with E-state index in [-0.39, 0.29) is 17.7 Å². The molecular formula is C23H23N7O2. The standard InChI is InChI=1S/C23H23N7O2/c1-14-10-17(13-18(11-14)32-2)19(12-15-4-6-16(7-5-15)20(24)25)21-28-23(31)30(29-21)22-26-8-3-9-27-22/h3-11,13,19H,12H2,1-2H3,(H3,24,25)(H,28,29,31). The van der Waals surface area contributed by atoms with Crippen LogP contribution in [0.5, 0.6) is 5.75 Å². The molecule has 0 aliphatic heterocycles. The predicted molar refractivity (Wildman–Crippen MR) is 121 cm³/mol. The van der Waals surface area contributed by atoms with Gasteiger partial charge in [-0.2, -0.15) is 0 Å². The fourth-order valence-corrected chi connectivity index (χ4v) is 3.56. The molecule has 2 heterocycles. The van der Waals surface area contributed by atoms with E-state index >= 15 is 0 Å². The van der Waals surface area contributed by atoms with Crippen molar-refractivity contribution in [3.63, 3.8) is 0 Å². The smallest absolute Gasteiger partial charge is 0.350 e. The molecule has 0 saturated carbocycles. The molecule has 1 atom stereocenters. The van der Waals surface area contributed by atoms with Crippen LogP contribution in [0.4, 0.5) is 0 Å². The van der Waals surface area contributed by atoms with E-state index < -0.39 is 5.69 Å². The average molecular weight is 429 g/mol. The summed E-state index contributed by atoms with van der Waals surface area (Å²) < 4.78 is 6.62. The zero-order valence-corrected chi connectivity index (χ0v) is 17.7. The van der Waals surface area contributed by atoms with Crippen LogP contribution in [0.2, 0.25) is 0 Å². The number of methoxy groups -OCH3 is 1. The number of aryl methyl sites for hydroxylation is 1. The van der Waals surface area contributed by atoms with Gasteiger partial charge in [0.1, 0.15) is 17.4 Å². The molecule has 0 aliphatic rings. The van der Waals surface area contributed by atoms with Gasteiger partial charge in [-0.25, -0.2) is 14.8 Å². The lowest BCUT2D eigenvalue weighted by Crippen LogP contribution is -2.18. The maximum Gasteiger partial charge on any atom is 0.350 e. The molecule has 0 amide bonds. The number of aromatic nitrogens is 5. The van der Waals surface area contributed by atoms with E-state index in [1.54, 1.807) is 25.6 Å². The Balaban J connectivity index is 1.78. The van der Waals surface area contributed by atoms with Gasteiger partial charge in [-0.1, -0.05) is 30.3 Å². The SMILES string of the molecule is COc1cc(C)cc(C(Cc2ccc(C(=N)N)cc2)c2nn(-c3ncccn3)c(=O)[nH]2)c1. The van der Waals surface area contributed by atoms with E-state index in [1.165, 1.54) is 0 Å². The molecule has 0 bridgehead atoms. The number of benzene rings is 2. The second kappa shape index (κ2) is 8.84. The molecule has 4 N–H and O–H groups in total. The number of nitrogens with one attached hydrogen (secondary N) is 2. The van der Waals surface area contributed by atoms with Gasteiger partial charge in [-0.15, -0.1) is 9.78 Å². The highest BCUT2D eigenvalue weighted by Crippen LogP contribution is 2.30. The Bertz CT molecular complexity index is 1290. The van der Waals surface area contributed by atoms with Crippen LogP contribution in [0.1, 0.15) is 34.0 Å². The monoisotopic (exact) mass is 429 g/mol. The Kier molecular flexibility index (Phi) is 5.80. The molecule has 2 aromatic carbocycles. The van der Waals surface area contributed by atoms with Gasteiger partial charge >= 0.3 is 5.69 Å². The molecule has 162 valence electrons. The first-order valence-electron chi connectivity index (χ1n) is 10.00. The lowest BCUT2D eigenvalue weighted by molar-refractivity contribution is 0.413. The minimum atomic E-state index is -0.414. The summed E-state index contributed by atoms with van der Waals surface area (Å²) in [6.45, 7) is 1.99. The Labute approximate surface area is 184 Å². The summed E-state index contributed by atoms with van der Waals surface area (Å²) in [5.74, 6) is 1.18. The number of nitrogens with zero attached hydrogens (tertiary/aromatic N) is 4. The van der Waals surface area contributed by atoms with Crippen molar-refractivity contribution in [2.75, 3.05) is 7.11 Å². The van der Waals surface area contributed by atoms with Crippen LogP contribution in [0.15, 0.2) is 65.7 Å². The van der Waals surface area contributed by atoms with Crippen molar-refractivity contribution in [3.05, 3.63) is 99.5 Å². The minimum absolute atomic E-state index is 0.0162. The van der Waals surface area contributed by atoms with Gasteiger partial charge in [0.15, 0.2) is 0 Å². The van der Waals surface area contributed by atoms with Crippen molar-refractivity contribution in [3.8, 4) is 11.7 Å². The molecule has 0 spiro atoms. The van der Waals surface area contributed by atoms with Gasteiger partial charge in [0, 0.05) is 23.9 Å². The largest absolute Gasteiger partial charge is 0.497 e. The third-order valence-electron chi connectivity index (χ3n) is 5.12. The third-order valence-corrected chi connectivity index (χ3v) is 5.12. The van der Waals surface area contributed by atoms with Crippen molar-refractivity contribution in [1.29, 1.82) is 5.41 Å². The number of hydrogen-bond donors (Lipinski definition) is 3. The van der Waals surface area contributed by atoms with E-state index in [2.05, 4.69) is 20.1 Å². The van der Waals surface area contributed by atoms with Gasteiger partial charge in [0.05, 0.1) is 7.11 Å². The number of nitrogen functional groups attached to an aromatic ring is 1. The van der Waals surface area contributed by atoms with Gasteiger partial charge in [-0.3, -0.25) is 10.4 Å². The molecule has 1 unspecified atom stereocenters. The van der Waals surface area contributed by atoms with Crippen LogP contribution in [0.25, 0.3) is 5.95 Å². The number of ether oxygens (including phenoxy) is 1. The van der Waals surface area contributed by atoms with E-state index in [1.807, 2.05) is 49.4 Å². The lowest BCUT2D eigenvalue weighted by Gasteiger charge is -2.17. The summed E-state index contributed by atoms with van der Waals surface area (Å²) in [7, 11) is 1.62. The van der Waals surface area contributed by atoms with Crippen molar-refractivity contribution >= 4 is 5.84 Å². The number of rotatable bonds is 7. The van der Waals surface area contributed by atoms with Crippen molar-refractivity contribution in [2.45, 2.75) is 19.3 Å². The molecular weight excluding hydrogens is 406 g/mol. The van der Waals surface area contributed by atoms with Gasteiger partial charge in [0.2, 0.25) is 0 Å². The molecule has 0 aliphatic carbocycles. The summed E-state index contributed by atoms with van der Waals surface area (Å²) in [6.07, 6.45) is 3.68. The van der Waals surface area contributed by atoms with Crippen molar-refractivity contribution in [1.82, 2.24) is 24.7 Å². The van der Waals surface area contributed by atoms with Crippen molar-refractivity contribution < 1.29 is 4.74 Å². The molecule has 32 heavy (non-hydrogen) atoms.